The van der Waals surface area contributed by atoms with Crippen molar-refractivity contribution in [2.75, 3.05) is 0 Å². The molecule has 0 aliphatic carbocycles. The Morgan fingerprint density at radius 3 is 2.78 bits per heavy atom. The minimum atomic E-state index is -0.464. The summed E-state index contributed by atoms with van der Waals surface area (Å²) >= 11 is 0. The van der Waals surface area contributed by atoms with Crippen molar-refractivity contribution >= 4 is 0 Å². The molecule has 3 N–H and O–H groups in total. The van der Waals surface area contributed by atoms with Gasteiger partial charge in [0, 0.05) is 12.4 Å². The number of rotatable bonds is 4. The molecular formula is C13H13F2N3. The zero-order valence-corrected chi connectivity index (χ0v) is 9.61. The molecule has 0 aliphatic rings. The minimum Gasteiger partial charge on any atom is -0.271 e. The van der Waals surface area contributed by atoms with Crippen LogP contribution >= 0.6 is 0 Å². The normalized spacial score (nSPS) is 12.4. The second-order valence-electron chi connectivity index (χ2n) is 3.95. The van der Waals surface area contributed by atoms with E-state index in [9.17, 15) is 8.78 Å². The lowest BCUT2D eigenvalue weighted by Gasteiger charge is -2.16. The Labute approximate surface area is 104 Å². The molecule has 0 saturated heterocycles. The van der Waals surface area contributed by atoms with Crippen molar-refractivity contribution in [3.8, 4) is 0 Å². The molecule has 0 spiro atoms. The maximum Gasteiger partial charge on any atom is 0.126 e. The number of hydrogen-bond donors (Lipinski definition) is 2. The van der Waals surface area contributed by atoms with Crippen LogP contribution in [0.4, 0.5) is 8.78 Å². The Morgan fingerprint density at radius 1 is 1.28 bits per heavy atom. The Hall–Kier alpha value is -1.85. The minimum absolute atomic E-state index is 0.256. The topological polar surface area (TPSA) is 50.9 Å². The van der Waals surface area contributed by atoms with Crippen LogP contribution in [-0.2, 0) is 6.42 Å². The van der Waals surface area contributed by atoms with Crippen LogP contribution in [0.2, 0.25) is 0 Å². The number of halogens is 2. The summed E-state index contributed by atoms with van der Waals surface area (Å²) in [5, 5.41) is 0. The van der Waals surface area contributed by atoms with Crippen LogP contribution in [-0.4, -0.2) is 4.98 Å². The highest BCUT2D eigenvalue weighted by Gasteiger charge is 2.13. The fourth-order valence-corrected chi connectivity index (χ4v) is 1.77. The average molecular weight is 249 g/mol. The first-order valence-corrected chi connectivity index (χ1v) is 5.50. The van der Waals surface area contributed by atoms with E-state index in [0.29, 0.717) is 0 Å². The average Bonchev–Trinajstić information content (AvgIpc) is 2.41. The standard InChI is InChI=1S/C13H13F2N3/c14-11-3-4-12(15)10(6-11)7-13(18-16)9-2-1-5-17-8-9/h1-6,8,13,18H,7,16H2. The largest absolute Gasteiger partial charge is 0.271 e. The van der Waals surface area contributed by atoms with Gasteiger partial charge in [0.1, 0.15) is 11.6 Å². The van der Waals surface area contributed by atoms with Gasteiger partial charge in [-0.3, -0.25) is 16.3 Å². The maximum atomic E-state index is 13.5. The first-order valence-electron chi connectivity index (χ1n) is 5.50. The van der Waals surface area contributed by atoms with Crippen molar-refractivity contribution < 1.29 is 8.78 Å². The van der Waals surface area contributed by atoms with Gasteiger partial charge in [0.15, 0.2) is 0 Å². The summed E-state index contributed by atoms with van der Waals surface area (Å²) in [6.45, 7) is 0. The Bertz CT molecular complexity index is 517. The Balaban J connectivity index is 2.23. The summed E-state index contributed by atoms with van der Waals surface area (Å²) in [5.74, 6) is 4.54. The van der Waals surface area contributed by atoms with Crippen molar-refractivity contribution in [3.63, 3.8) is 0 Å². The molecular weight excluding hydrogens is 236 g/mol. The molecule has 2 rings (SSSR count). The predicted octanol–water partition coefficient (Wildman–Crippen LogP) is 2.11. The monoisotopic (exact) mass is 249 g/mol. The number of nitrogens with one attached hydrogen (secondary N) is 1. The van der Waals surface area contributed by atoms with Crippen LogP contribution in [0.15, 0.2) is 42.7 Å². The van der Waals surface area contributed by atoms with E-state index in [1.54, 1.807) is 18.5 Å². The van der Waals surface area contributed by atoms with Crippen molar-refractivity contribution in [2.24, 2.45) is 5.84 Å². The van der Waals surface area contributed by atoms with Crippen molar-refractivity contribution in [1.82, 2.24) is 10.4 Å². The van der Waals surface area contributed by atoms with E-state index in [2.05, 4.69) is 10.4 Å². The smallest absolute Gasteiger partial charge is 0.126 e. The first-order chi connectivity index (χ1) is 8.70. The van der Waals surface area contributed by atoms with Gasteiger partial charge in [-0.25, -0.2) is 8.78 Å². The molecule has 1 aromatic heterocycles. The molecule has 0 saturated carbocycles. The SMILES string of the molecule is NNC(Cc1cc(F)ccc1F)c1cccnc1. The third kappa shape index (κ3) is 2.88. The van der Waals surface area contributed by atoms with E-state index in [-0.39, 0.29) is 18.0 Å². The molecule has 0 bridgehead atoms. The molecule has 1 unspecified atom stereocenters. The van der Waals surface area contributed by atoms with Crippen LogP contribution in [0.25, 0.3) is 0 Å². The molecule has 2 aromatic rings. The number of hydrogen-bond acceptors (Lipinski definition) is 3. The number of aromatic nitrogens is 1. The van der Waals surface area contributed by atoms with Gasteiger partial charge in [0.2, 0.25) is 0 Å². The molecule has 0 amide bonds. The van der Waals surface area contributed by atoms with Crippen LogP contribution < -0.4 is 11.3 Å². The highest BCUT2D eigenvalue weighted by molar-refractivity contribution is 5.23. The second-order valence-corrected chi connectivity index (χ2v) is 3.95. The van der Waals surface area contributed by atoms with Crippen LogP contribution in [0.3, 0.4) is 0 Å². The quantitative estimate of drug-likeness (QED) is 0.644. The summed E-state index contributed by atoms with van der Waals surface area (Å²) in [4.78, 5) is 3.97. The number of hydrazine groups is 1. The highest BCUT2D eigenvalue weighted by atomic mass is 19.1. The maximum absolute atomic E-state index is 13.5. The summed E-state index contributed by atoms with van der Waals surface area (Å²) in [6.07, 6.45) is 3.54. The van der Waals surface area contributed by atoms with Gasteiger partial charge in [0.25, 0.3) is 0 Å². The van der Waals surface area contributed by atoms with Gasteiger partial charge in [0.05, 0.1) is 6.04 Å². The van der Waals surface area contributed by atoms with Gasteiger partial charge >= 0.3 is 0 Å². The number of benzene rings is 1. The second kappa shape index (κ2) is 5.66. The van der Waals surface area contributed by atoms with Crippen LogP contribution in [0, 0.1) is 11.6 Å². The van der Waals surface area contributed by atoms with E-state index >= 15 is 0 Å². The van der Waals surface area contributed by atoms with Crippen molar-refractivity contribution in [2.45, 2.75) is 12.5 Å². The van der Waals surface area contributed by atoms with Gasteiger partial charge in [-0.05, 0) is 41.8 Å². The molecule has 94 valence electrons. The number of nitrogens with zero attached hydrogens (tertiary/aromatic N) is 1. The van der Waals surface area contributed by atoms with Crippen LogP contribution in [0.5, 0.6) is 0 Å². The van der Waals surface area contributed by atoms with Gasteiger partial charge < -0.3 is 0 Å². The lowest BCUT2D eigenvalue weighted by molar-refractivity contribution is 0.522. The third-order valence-corrected chi connectivity index (χ3v) is 2.72. The molecule has 0 radical (unpaired) electrons. The third-order valence-electron chi connectivity index (χ3n) is 2.72. The van der Waals surface area contributed by atoms with Gasteiger partial charge in [-0.15, -0.1) is 0 Å². The van der Waals surface area contributed by atoms with Gasteiger partial charge in [-0.1, -0.05) is 6.07 Å². The zero-order valence-electron chi connectivity index (χ0n) is 9.61. The Morgan fingerprint density at radius 2 is 2.11 bits per heavy atom. The Kier molecular flexibility index (Phi) is 3.96. The van der Waals surface area contributed by atoms with Crippen molar-refractivity contribution in [3.05, 3.63) is 65.5 Å². The van der Waals surface area contributed by atoms with Crippen molar-refractivity contribution in [1.29, 1.82) is 0 Å². The molecule has 18 heavy (non-hydrogen) atoms. The molecule has 5 heteroatoms. The van der Waals surface area contributed by atoms with E-state index in [0.717, 1.165) is 17.7 Å². The van der Waals surface area contributed by atoms with Crippen LogP contribution in [0.1, 0.15) is 17.2 Å². The molecule has 0 fully saturated rings. The molecule has 1 atom stereocenters. The molecule has 0 aliphatic heterocycles. The number of nitrogens with two attached hydrogens (primary N) is 1. The van der Waals surface area contributed by atoms with Gasteiger partial charge in [-0.2, -0.15) is 0 Å². The summed E-state index contributed by atoms with van der Waals surface area (Å²) < 4.78 is 26.6. The van der Waals surface area contributed by atoms with E-state index in [1.807, 2.05) is 6.07 Å². The highest BCUT2D eigenvalue weighted by Crippen LogP contribution is 2.19. The molecule has 1 aromatic carbocycles. The lowest BCUT2D eigenvalue weighted by atomic mass is 10.0. The summed E-state index contributed by atoms with van der Waals surface area (Å²) in [6, 6.07) is 6.66. The predicted molar refractivity (Wildman–Crippen MR) is 64.4 cm³/mol. The lowest BCUT2D eigenvalue weighted by Crippen LogP contribution is -2.29. The van der Waals surface area contributed by atoms with E-state index in [1.165, 1.54) is 6.07 Å². The zero-order chi connectivity index (χ0) is 13.0. The van der Waals surface area contributed by atoms with E-state index < -0.39 is 11.6 Å². The summed E-state index contributed by atoms with van der Waals surface area (Å²) in [5.41, 5.74) is 3.69. The number of pyridine rings is 1. The fourth-order valence-electron chi connectivity index (χ4n) is 1.77. The molecule has 3 nitrogen and oxygen atoms in total. The molecule has 1 heterocycles. The summed E-state index contributed by atoms with van der Waals surface area (Å²) in [7, 11) is 0. The van der Waals surface area contributed by atoms with E-state index in [4.69, 9.17) is 5.84 Å². The first kappa shape index (κ1) is 12.6. The fraction of sp³-hybridized carbons (Fsp3) is 0.154.